The molecule has 8 heteroatoms. The van der Waals surface area contributed by atoms with Gasteiger partial charge in [-0.3, -0.25) is 4.79 Å². The van der Waals surface area contributed by atoms with E-state index in [1.165, 1.54) is 13.2 Å². The Morgan fingerprint density at radius 2 is 1.92 bits per heavy atom. The van der Waals surface area contributed by atoms with Crippen LogP contribution in [0.2, 0.25) is 0 Å². The Morgan fingerprint density at radius 1 is 1.12 bits per heavy atom. The number of halogens is 3. The number of thiazole rings is 1. The number of methoxy groups -OCH3 is 1. The summed E-state index contributed by atoms with van der Waals surface area (Å²) in [6, 6.07) is 11.7. The van der Waals surface area contributed by atoms with Crippen molar-refractivity contribution in [3.63, 3.8) is 0 Å². The van der Waals surface area contributed by atoms with Crippen LogP contribution in [0.5, 0.6) is 5.75 Å². The van der Waals surface area contributed by atoms with Crippen molar-refractivity contribution in [2.45, 2.75) is 6.18 Å². The van der Waals surface area contributed by atoms with Crippen LogP contribution in [-0.2, 0) is 6.18 Å². The summed E-state index contributed by atoms with van der Waals surface area (Å²) in [5.41, 5.74) is 1.99. The number of ether oxygens (including phenoxy) is 1. The highest BCUT2D eigenvalue weighted by molar-refractivity contribution is 7.19. The van der Waals surface area contributed by atoms with E-state index >= 15 is 0 Å². The van der Waals surface area contributed by atoms with Crippen LogP contribution in [0.15, 0.2) is 47.3 Å². The van der Waals surface area contributed by atoms with Gasteiger partial charge in [0.2, 0.25) is 5.56 Å². The summed E-state index contributed by atoms with van der Waals surface area (Å²) in [5, 5.41) is -0.130. The fourth-order valence-electron chi connectivity index (χ4n) is 2.82. The fraction of sp³-hybridized carbons (Fsp3) is 0.111. The minimum absolute atomic E-state index is 0.184. The zero-order chi connectivity index (χ0) is 18.5. The van der Waals surface area contributed by atoms with Crippen molar-refractivity contribution in [3.05, 3.63) is 57.8 Å². The highest BCUT2D eigenvalue weighted by Gasteiger charge is 2.35. The molecule has 0 radical (unpaired) electrons. The Hall–Kier alpha value is -2.87. The molecule has 4 aromatic rings. The number of H-pyrrole nitrogens is 1. The Bertz CT molecular complexity index is 1190. The third-order valence-corrected chi connectivity index (χ3v) is 5.14. The SMILES string of the molecule is COc1ccc(-c2ccc3[nH]c(=O)ccc3c2)c2sc(C(F)(F)F)nc12. The smallest absolute Gasteiger partial charge is 0.443 e. The molecular weight excluding hydrogens is 365 g/mol. The molecule has 0 saturated carbocycles. The zero-order valence-corrected chi connectivity index (χ0v) is 14.2. The second kappa shape index (κ2) is 5.84. The molecular formula is C18H11F3N2O2S. The van der Waals surface area contributed by atoms with E-state index in [1.54, 1.807) is 30.3 Å². The van der Waals surface area contributed by atoms with Crippen molar-refractivity contribution in [1.82, 2.24) is 9.97 Å². The van der Waals surface area contributed by atoms with Crippen molar-refractivity contribution < 1.29 is 17.9 Å². The Kier molecular flexibility index (Phi) is 3.73. The summed E-state index contributed by atoms with van der Waals surface area (Å²) >= 11 is 0.589. The number of hydrogen-bond acceptors (Lipinski definition) is 4. The lowest BCUT2D eigenvalue weighted by atomic mass is 10.0. The first-order valence-electron chi connectivity index (χ1n) is 7.55. The Morgan fingerprint density at radius 3 is 2.65 bits per heavy atom. The first-order valence-corrected chi connectivity index (χ1v) is 8.36. The molecule has 0 spiro atoms. The van der Waals surface area contributed by atoms with Crippen LogP contribution in [0.25, 0.3) is 32.2 Å². The highest BCUT2D eigenvalue weighted by Crippen LogP contribution is 2.42. The molecule has 1 N–H and O–H groups in total. The molecule has 2 aromatic heterocycles. The number of aromatic amines is 1. The molecule has 0 fully saturated rings. The number of alkyl halides is 3. The Balaban J connectivity index is 1.98. The predicted molar refractivity (Wildman–Crippen MR) is 94.7 cm³/mol. The zero-order valence-electron chi connectivity index (χ0n) is 13.3. The van der Waals surface area contributed by atoms with E-state index in [0.29, 0.717) is 32.9 Å². The van der Waals surface area contributed by atoms with Crippen LogP contribution < -0.4 is 10.3 Å². The first-order chi connectivity index (χ1) is 12.4. The summed E-state index contributed by atoms with van der Waals surface area (Å²) in [6.45, 7) is 0. The topological polar surface area (TPSA) is 55.0 Å². The van der Waals surface area contributed by atoms with E-state index in [0.717, 1.165) is 10.9 Å². The van der Waals surface area contributed by atoms with E-state index in [1.807, 2.05) is 6.07 Å². The molecule has 0 saturated heterocycles. The van der Waals surface area contributed by atoms with Crippen molar-refractivity contribution in [2.24, 2.45) is 0 Å². The van der Waals surface area contributed by atoms with E-state index < -0.39 is 11.2 Å². The second-order valence-electron chi connectivity index (χ2n) is 5.63. The lowest BCUT2D eigenvalue weighted by molar-refractivity contribution is -0.137. The second-order valence-corrected chi connectivity index (χ2v) is 6.63. The lowest BCUT2D eigenvalue weighted by Crippen LogP contribution is -2.03. The summed E-state index contributed by atoms with van der Waals surface area (Å²) < 4.78 is 44.9. The van der Waals surface area contributed by atoms with Gasteiger partial charge in [-0.05, 0) is 41.3 Å². The first kappa shape index (κ1) is 16.6. The van der Waals surface area contributed by atoms with Gasteiger partial charge in [-0.15, -0.1) is 11.3 Å². The molecule has 0 atom stereocenters. The van der Waals surface area contributed by atoms with Crippen molar-refractivity contribution in [3.8, 4) is 16.9 Å². The van der Waals surface area contributed by atoms with Gasteiger partial charge in [0.15, 0.2) is 5.01 Å². The normalized spacial score (nSPS) is 12.0. The third-order valence-electron chi connectivity index (χ3n) is 4.00. The van der Waals surface area contributed by atoms with Gasteiger partial charge in [-0.2, -0.15) is 13.2 Å². The van der Waals surface area contributed by atoms with Gasteiger partial charge in [0, 0.05) is 17.1 Å². The average Bonchev–Trinajstić information content (AvgIpc) is 3.06. The standard InChI is InChI=1S/C18H11F3N2O2S/c1-25-13-6-4-11(16-15(13)23-17(26-16)18(19,20)21)9-2-5-12-10(8-9)3-7-14(24)22-12/h2-8H,1H3,(H,22,24). The molecule has 0 aliphatic heterocycles. The molecule has 0 unspecified atom stereocenters. The maximum absolute atomic E-state index is 13.1. The molecule has 2 aromatic carbocycles. The van der Waals surface area contributed by atoms with Crippen molar-refractivity contribution >= 4 is 32.5 Å². The van der Waals surface area contributed by atoms with Crippen molar-refractivity contribution in [1.29, 1.82) is 0 Å². The van der Waals surface area contributed by atoms with Crippen LogP contribution in [0.3, 0.4) is 0 Å². The van der Waals surface area contributed by atoms with E-state index in [2.05, 4.69) is 9.97 Å². The van der Waals surface area contributed by atoms with Gasteiger partial charge in [-0.25, -0.2) is 4.98 Å². The summed E-state index contributed by atoms with van der Waals surface area (Å²) in [6.07, 6.45) is -4.52. The van der Waals surface area contributed by atoms with Gasteiger partial charge < -0.3 is 9.72 Å². The number of aromatic nitrogens is 2. The molecule has 0 amide bonds. The molecule has 2 heterocycles. The number of nitrogens with zero attached hydrogens (tertiary/aromatic N) is 1. The van der Waals surface area contributed by atoms with Gasteiger partial charge in [0.1, 0.15) is 11.3 Å². The average molecular weight is 376 g/mol. The van der Waals surface area contributed by atoms with E-state index in [-0.39, 0.29) is 11.1 Å². The summed E-state index contributed by atoms with van der Waals surface area (Å²) in [7, 11) is 1.40. The molecule has 0 bridgehead atoms. The maximum atomic E-state index is 13.1. The molecule has 132 valence electrons. The number of hydrogen-bond donors (Lipinski definition) is 1. The molecule has 26 heavy (non-hydrogen) atoms. The molecule has 4 rings (SSSR count). The molecule has 0 aliphatic rings. The highest BCUT2D eigenvalue weighted by atomic mass is 32.1. The number of rotatable bonds is 2. The van der Waals surface area contributed by atoms with Gasteiger partial charge in [-0.1, -0.05) is 6.07 Å². The monoisotopic (exact) mass is 376 g/mol. The van der Waals surface area contributed by atoms with Gasteiger partial charge >= 0.3 is 6.18 Å². The maximum Gasteiger partial charge on any atom is 0.443 e. The molecule has 0 aliphatic carbocycles. The quantitative estimate of drug-likeness (QED) is 0.545. The van der Waals surface area contributed by atoms with Gasteiger partial charge in [0.25, 0.3) is 0 Å². The lowest BCUT2D eigenvalue weighted by Gasteiger charge is -2.07. The van der Waals surface area contributed by atoms with Crippen LogP contribution in [-0.4, -0.2) is 17.1 Å². The fourth-order valence-corrected chi connectivity index (χ4v) is 3.80. The van der Waals surface area contributed by atoms with Crippen LogP contribution in [0, 0.1) is 0 Å². The predicted octanol–water partition coefficient (Wildman–Crippen LogP) is 4.83. The molecule has 4 nitrogen and oxygen atoms in total. The van der Waals surface area contributed by atoms with Crippen molar-refractivity contribution in [2.75, 3.05) is 7.11 Å². The largest absolute Gasteiger partial charge is 0.494 e. The van der Waals surface area contributed by atoms with E-state index in [9.17, 15) is 18.0 Å². The Labute approximate surface area is 148 Å². The van der Waals surface area contributed by atoms with Crippen LogP contribution >= 0.6 is 11.3 Å². The number of nitrogens with one attached hydrogen (secondary N) is 1. The van der Waals surface area contributed by atoms with Gasteiger partial charge in [0.05, 0.1) is 11.8 Å². The van der Waals surface area contributed by atoms with Crippen LogP contribution in [0.1, 0.15) is 5.01 Å². The third kappa shape index (κ3) is 2.72. The summed E-state index contributed by atoms with van der Waals surface area (Å²) in [5.74, 6) is 0.292. The minimum Gasteiger partial charge on any atom is -0.494 e. The number of benzene rings is 2. The number of fused-ring (bicyclic) bond motifs is 2. The summed E-state index contributed by atoms with van der Waals surface area (Å²) in [4.78, 5) is 17.8. The minimum atomic E-state index is -4.52. The van der Waals surface area contributed by atoms with Crippen LogP contribution in [0.4, 0.5) is 13.2 Å². The number of pyridine rings is 1. The van der Waals surface area contributed by atoms with E-state index in [4.69, 9.17) is 4.74 Å².